The van der Waals surface area contributed by atoms with E-state index in [1.54, 1.807) is 19.0 Å². The lowest BCUT2D eigenvalue weighted by atomic mass is 10.0. The van der Waals surface area contributed by atoms with Crippen molar-refractivity contribution in [1.82, 2.24) is 15.1 Å². The van der Waals surface area contributed by atoms with E-state index < -0.39 is 0 Å². The summed E-state index contributed by atoms with van der Waals surface area (Å²) in [6.45, 7) is 3.64. The van der Waals surface area contributed by atoms with Crippen LogP contribution < -0.4 is 5.32 Å². The highest BCUT2D eigenvalue weighted by Crippen LogP contribution is 2.20. The van der Waals surface area contributed by atoms with Gasteiger partial charge in [-0.1, -0.05) is 30.3 Å². The number of amides is 2. The summed E-state index contributed by atoms with van der Waals surface area (Å²) in [7, 11) is 3.60. The molecular weight excluding hydrogens is 226 g/mol. The average molecular weight is 247 g/mol. The van der Waals surface area contributed by atoms with E-state index in [0.29, 0.717) is 0 Å². The number of carbonyl (C=O) groups excluding carboxylic acids is 1. The summed E-state index contributed by atoms with van der Waals surface area (Å²) in [5, 5.41) is 3.50. The van der Waals surface area contributed by atoms with E-state index in [1.807, 2.05) is 23.1 Å². The predicted octanol–water partition coefficient (Wildman–Crippen LogP) is 1.70. The molecule has 0 aliphatic carbocycles. The molecule has 2 unspecified atom stereocenters. The molecule has 1 saturated heterocycles. The molecule has 98 valence electrons. The third-order valence-corrected chi connectivity index (χ3v) is 3.40. The Kier molecular flexibility index (Phi) is 3.87. The molecule has 1 fully saturated rings. The Labute approximate surface area is 109 Å². The third-order valence-electron chi connectivity index (χ3n) is 3.40. The van der Waals surface area contributed by atoms with Crippen LogP contribution in [0.3, 0.4) is 0 Å². The summed E-state index contributed by atoms with van der Waals surface area (Å²) in [6, 6.07) is 10.8. The largest absolute Gasteiger partial charge is 0.331 e. The molecule has 1 aliphatic rings. The molecule has 4 heteroatoms. The highest BCUT2D eigenvalue weighted by molar-refractivity contribution is 5.74. The van der Waals surface area contributed by atoms with Gasteiger partial charge in [-0.15, -0.1) is 0 Å². The SMILES string of the molecule is CC1CNC(c2ccccc2)CN1C(=O)N(C)C. The van der Waals surface area contributed by atoms with Crippen LogP contribution in [0, 0.1) is 0 Å². The summed E-state index contributed by atoms with van der Waals surface area (Å²) in [6.07, 6.45) is 0. The molecule has 1 aliphatic heterocycles. The monoisotopic (exact) mass is 247 g/mol. The highest BCUT2D eigenvalue weighted by atomic mass is 16.2. The molecule has 2 amide bonds. The van der Waals surface area contributed by atoms with Crippen LogP contribution in [0.25, 0.3) is 0 Å². The molecule has 0 bridgehead atoms. The molecule has 1 N–H and O–H groups in total. The Morgan fingerprint density at radius 3 is 2.61 bits per heavy atom. The van der Waals surface area contributed by atoms with E-state index in [9.17, 15) is 4.79 Å². The zero-order chi connectivity index (χ0) is 13.1. The van der Waals surface area contributed by atoms with Crippen molar-refractivity contribution in [2.45, 2.75) is 19.0 Å². The topological polar surface area (TPSA) is 35.6 Å². The van der Waals surface area contributed by atoms with Crippen LogP contribution in [-0.2, 0) is 0 Å². The lowest BCUT2D eigenvalue weighted by Crippen LogP contribution is -2.56. The number of nitrogens with one attached hydrogen (secondary N) is 1. The first-order valence-electron chi connectivity index (χ1n) is 6.36. The molecular formula is C14H21N3O. The highest BCUT2D eigenvalue weighted by Gasteiger charge is 2.29. The summed E-state index contributed by atoms with van der Waals surface area (Å²) < 4.78 is 0. The van der Waals surface area contributed by atoms with Crippen LogP contribution in [0.1, 0.15) is 18.5 Å². The van der Waals surface area contributed by atoms with Crippen molar-refractivity contribution < 1.29 is 4.79 Å². The van der Waals surface area contributed by atoms with E-state index >= 15 is 0 Å². The first kappa shape index (κ1) is 12.9. The second-order valence-electron chi connectivity index (χ2n) is 5.05. The smallest absolute Gasteiger partial charge is 0.319 e. The molecule has 0 radical (unpaired) electrons. The van der Waals surface area contributed by atoms with Crippen molar-refractivity contribution in [3.8, 4) is 0 Å². The van der Waals surface area contributed by atoms with E-state index in [4.69, 9.17) is 0 Å². The van der Waals surface area contributed by atoms with Gasteiger partial charge in [0.15, 0.2) is 0 Å². The number of nitrogens with zero attached hydrogens (tertiary/aromatic N) is 2. The van der Waals surface area contributed by atoms with Gasteiger partial charge >= 0.3 is 6.03 Å². The normalized spacial score (nSPS) is 23.8. The van der Waals surface area contributed by atoms with Gasteiger partial charge in [0.2, 0.25) is 0 Å². The first-order valence-corrected chi connectivity index (χ1v) is 6.36. The Morgan fingerprint density at radius 1 is 1.33 bits per heavy atom. The fourth-order valence-corrected chi connectivity index (χ4v) is 2.30. The minimum absolute atomic E-state index is 0.0879. The number of rotatable bonds is 1. The quantitative estimate of drug-likeness (QED) is 0.820. The average Bonchev–Trinajstić information content (AvgIpc) is 2.39. The third kappa shape index (κ3) is 2.64. The van der Waals surface area contributed by atoms with Crippen molar-refractivity contribution >= 4 is 6.03 Å². The number of hydrogen-bond donors (Lipinski definition) is 1. The van der Waals surface area contributed by atoms with E-state index in [-0.39, 0.29) is 18.1 Å². The van der Waals surface area contributed by atoms with Crippen LogP contribution in [0.15, 0.2) is 30.3 Å². The summed E-state index contributed by atoms with van der Waals surface area (Å²) in [5.41, 5.74) is 1.24. The molecule has 0 aromatic heterocycles. The molecule has 2 atom stereocenters. The van der Waals surface area contributed by atoms with Gasteiger partial charge in [0.25, 0.3) is 0 Å². The van der Waals surface area contributed by atoms with Gasteiger partial charge in [-0.25, -0.2) is 4.79 Å². The van der Waals surface area contributed by atoms with Crippen molar-refractivity contribution in [1.29, 1.82) is 0 Å². The van der Waals surface area contributed by atoms with Crippen molar-refractivity contribution in [3.63, 3.8) is 0 Å². The molecule has 18 heavy (non-hydrogen) atoms. The Balaban J connectivity index is 2.12. The van der Waals surface area contributed by atoms with Crippen molar-refractivity contribution in [2.24, 2.45) is 0 Å². The maximum Gasteiger partial charge on any atom is 0.319 e. The number of urea groups is 1. The Hall–Kier alpha value is -1.55. The second kappa shape index (κ2) is 5.40. The van der Waals surface area contributed by atoms with Crippen LogP contribution in [-0.4, -0.2) is 49.1 Å². The maximum atomic E-state index is 12.1. The fraction of sp³-hybridized carbons (Fsp3) is 0.500. The zero-order valence-corrected chi connectivity index (χ0v) is 11.3. The molecule has 2 rings (SSSR count). The molecule has 0 spiro atoms. The lowest BCUT2D eigenvalue weighted by molar-refractivity contribution is 0.126. The lowest BCUT2D eigenvalue weighted by Gasteiger charge is -2.40. The molecule has 1 heterocycles. The summed E-state index contributed by atoms with van der Waals surface area (Å²) in [4.78, 5) is 15.7. The minimum Gasteiger partial charge on any atom is -0.331 e. The van der Waals surface area contributed by atoms with Crippen LogP contribution >= 0.6 is 0 Å². The Bertz CT molecular complexity index is 405. The van der Waals surface area contributed by atoms with Gasteiger partial charge in [0.1, 0.15) is 0 Å². The van der Waals surface area contributed by atoms with Crippen molar-refractivity contribution in [2.75, 3.05) is 27.2 Å². The number of carbonyl (C=O) groups is 1. The Morgan fingerprint density at radius 2 is 2.00 bits per heavy atom. The van der Waals surface area contributed by atoms with Gasteiger partial charge in [0.05, 0.1) is 6.04 Å². The maximum absolute atomic E-state index is 12.1. The number of hydrogen-bond acceptors (Lipinski definition) is 2. The van der Waals surface area contributed by atoms with Gasteiger partial charge in [-0.2, -0.15) is 0 Å². The minimum atomic E-state index is 0.0879. The van der Waals surface area contributed by atoms with E-state index in [0.717, 1.165) is 13.1 Å². The summed E-state index contributed by atoms with van der Waals surface area (Å²) >= 11 is 0. The first-order chi connectivity index (χ1) is 8.59. The predicted molar refractivity (Wildman–Crippen MR) is 72.4 cm³/mol. The number of piperazine rings is 1. The summed E-state index contributed by atoms with van der Waals surface area (Å²) in [5.74, 6) is 0. The van der Waals surface area contributed by atoms with Gasteiger partial charge < -0.3 is 15.1 Å². The van der Waals surface area contributed by atoms with E-state index in [1.165, 1.54) is 5.56 Å². The van der Waals surface area contributed by atoms with Crippen LogP contribution in [0.4, 0.5) is 4.79 Å². The van der Waals surface area contributed by atoms with Crippen molar-refractivity contribution in [3.05, 3.63) is 35.9 Å². The fourth-order valence-electron chi connectivity index (χ4n) is 2.30. The van der Waals surface area contributed by atoms with E-state index in [2.05, 4.69) is 24.4 Å². The van der Waals surface area contributed by atoms with Gasteiger partial charge in [-0.3, -0.25) is 0 Å². The zero-order valence-electron chi connectivity index (χ0n) is 11.3. The van der Waals surface area contributed by atoms with Gasteiger partial charge in [0, 0.05) is 33.2 Å². The molecule has 4 nitrogen and oxygen atoms in total. The molecule has 1 aromatic rings. The molecule has 1 aromatic carbocycles. The van der Waals surface area contributed by atoms with Crippen LogP contribution in [0.5, 0.6) is 0 Å². The van der Waals surface area contributed by atoms with Gasteiger partial charge in [-0.05, 0) is 12.5 Å². The second-order valence-corrected chi connectivity index (χ2v) is 5.05. The standard InChI is InChI=1S/C14H21N3O/c1-11-9-15-13(12-7-5-4-6-8-12)10-17(11)14(18)16(2)3/h4-8,11,13,15H,9-10H2,1-3H3. The van der Waals surface area contributed by atoms with Crippen LogP contribution in [0.2, 0.25) is 0 Å². The molecule has 0 saturated carbocycles. The number of benzene rings is 1.